The summed E-state index contributed by atoms with van der Waals surface area (Å²) < 4.78 is 15.0. The van der Waals surface area contributed by atoms with Gasteiger partial charge in [-0.2, -0.15) is 0 Å². The number of amides is 1. The Morgan fingerprint density at radius 1 is 1.27 bits per heavy atom. The molecule has 0 bridgehead atoms. The highest BCUT2D eigenvalue weighted by Crippen LogP contribution is 2.23. The van der Waals surface area contributed by atoms with E-state index in [-0.39, 0.29) is 17.5 Å². The Kier molecular flexibility index (Phi) is 5.68. The Bertz CT molecular complexity index is 925. The van der Waals surface area contributed by atoms with E-state index in [1.165, 1.54) is 29.5 Å². The van der Waals surface area contributed by atoms with E-state index in [1.54, 1.807) is 19.3 Å². The van der Waals surface area contributed by atoms with E-state index < -0.39 is 0 Å². The van der Waals surface area contributed by atoms with Gasteiger partial charge in [0.05, 0.1) is 11.4 Å². The zero-order valence-corrected chi connectivity index (χ0v) is 15.4. The van der Waals surface area contributed by atoms with E-state index in [4.69, 9.17) is 0 Å². The van der Waals surface area contributed by atoms with Gasteiger partial charge in [-0.25, -0.2) is 4.39 Å². The maximum absolute atomic E-state index is 13.2. The number of hydrogen-bond acceptors (Lipinski definition) is 4. The summed E-state index contributed by atoms with van der Waals surface area (Å²) >= 11 is 1.31. The fourth-order valence-corrected chi connectivity index (χ4v) is 3.34. The maximum atomic E-state index is 13.2. The molecular formula is C19H19FN4OS. The Balaban J connectivity index is 1.69. The zero-order chi connectivity index (χ0) is 18.5. The molecule has 3 aromatic rings. The molecule has 0 saturated carbocycles. The topological polar surface area (TPSA) is 59.8 Å². The lowest BCUT2D eigenvalue weighted by atomic mass is 10.1. The molecule has 2 aromatic carbocycles. The summed E-state index contributed by atoms with van der Waals surface area (Å²) in [5.41, 5.74) is 3.48. The summed E-state index contributed by atoms with van der Waals surface area (Å²) in [5.74, 6) is -0.315. The van der Waals surface area contributed by atoms with Gasteiger partial charge in [0.25, 0.3) is 0 Å². The molecule has 0 aliphatic heterocycles. The molecule has 3 rings (SSSR count). The van der Waals surface area contributed by atoms with Crippen molar-refractivity contribution in [3.05, 3.63) is 65.7 Å². The van der Waals surface area contributed by atoms with Crippen LogP contribution in [0.15, 0.2) is 53.9 Å². The van der Waals surface area contributed by atoms with Gasteiger partial charge in [-0.05, 0) is 48.7 Å². The van der Waals surface area contributed by atoms with Crippen molar-refractivity contribution in [2.45, 2.75) is 25.4 Å². The number of aryl methyl sites for hydroxylation is 2. The Labute approximate surface area is 155 Å². The number of nitrogens with zero attached hydrogens (tertiary/aromatic N) is 3. The summed E-state index contributed by atoms with van der Waals surface area (Å²) in [6, 6.07) is 12.3. The van der Waals surface area contributed by atoms with Crippen LogP contribution in [0.5, 0.6) is 0 Å². The van der Waals surface area contributed by atoms with Gasteiger partial charge in [-0.1, -0.05) is 36.9 Å². The number of carbonyl (C=O) groups is 1. The standard InChI is InChI=1S/C19H19FN4OS/c1-3-14-6-4-5-7-17(14)24-12-21-23-19(24)26-11-18(25)22-16-9-8-15(20)10-13(16)2/h4-10,12H,3,11H2,1-2H3,(H,22,25). The van der Waals surface area contributed by atoms with Crippen molar-refractivity contribution in [3.8, 4) is 5.69 Å². The van der Waals surface area contributed by atoms with E-state index in [0.29, 0.717) is 16.4 Å². The first-order chi connectivity index (χ1) is 12.6. The molecule has 0 unspecified atom stereocenters. The quantitative estimate of drug-likeness (QED) is 0.666. The molecule has 0 spiro atoms. The van der Waals surface area contributed by atoms with Crippen molar-refractivity contribution < 1.29 is 9.18 Å². The molecule has 5 nitrogen and oxygen atoms in total. The number of aromatic nitrogens is 3. The van der Waals surface area contributed by atoms with Gasteiger partial charge in [0, 0.05) is 5.69 Å². The molecule has 134 valence electrons. The minimum Gasteiger partial charge on any atom is -0.325 e. The Morgan fingerprint density at radius 3 is 2.85 bits per heavy atom. The number of rotatable bonds is 6. The van der Waals surface area contributed by atoms with Crippen molar-refractivity contribution >= 4 is 23.4 Å². The number of hydrogen-bond donors (Lipinski definition) is 1. The van der Waals surface area contributed by atoms with E-state index in [9.17, 15) is 9.18 Å². The fraction of sp³-hybridized carbons (Fsp3) is 0.211. The molecule has 7 heteroatoms. The molecular weight excluding hydrogens is 351 g/mol. The summed E-state index contributed by atoms with van der Waals surface area (Å²) in [6.07, 6.45) is 2.54. The second kappa shape index (κ2) is 8.14. The highest BCUT2D eigenvalue weighted by Gasteiger charge is 2.13. The second-order valence-electron chi connectivity index (χ2n) is 5.76. The number of halogens is 1. The second-order valence-corrected chi connectivity index (χ2v) is 6.70. The maximum Gasteiger partial charge on any atom is 0.234 e. The molecule has 1 aromatic heterocycles. The number of benzene rings is 2. The Hall–Kier alpha value is -2.67. The van der Waals surface area contributed by atoms with Crippen LogP contribution in [-0.2, 0) is 11.2 Å². The van der Waals surface area contributed by atoms with Gasteiger partial charge in [0.15, 0.2) is 5.16 Å². The number of nitrogens with one attached hydrogen (secondary N) is 1. The molecule has 1 N–H and O–H groups in total. The molecule has 0 aliphatic carbocycles. The lowest BCUT2D eigenvalue weighted by Gasteiger charge is -2.11. The van der Waals surface area contributed by atoms with E-state index in [1.807, 2.05) is 22.8 Å². The van der Waals surface area contributed by atoms with Crippen LogP contribution in [0, 0.1) is 12.7 Å². The monoisotopic (exact) mass is 370 g/mol. The first-order valence-corrected chi connectivity index (χ1v) is 9.24. The molecule has 0 radical (unpaired) electrons. The minimum atomic E-state index is -0.322. The number of thioether (sulfide) groups is 1. The highest BCUT2D eigenvalue weighted by atomic mass is 32.2. The summed E-state index contributed by atoms with van der Waals surface area (Å²) in [4.78, 5) is 12.2. The summed E-state index contributed by atoms with van der Waals surface area (Å²) in [6.45, 7) is 3.85. The van der Waals surface area contributed by atoms with Gasteiger partial charge >= 0.3 is 0 Å². The zero-order valence-electron chi connectivity index (χ0n) is 14.6. The number of para-hydroxylation sites is 1. The average molecular weight is 370 g/mol. The first kappa shape index (κ1) is 18.1. The van der Waals surface area contributed by atoms with Gasteiger partial charge < -0.3 is 5.32 Å². The SMILES string of the molecule is CCc1ccccc1-n1cnnc1SCC(=O)Nc1ccc(F)cc1C. The predicted octanol–water partition coefficient (Wildman–Crippen LogP) is 4.01. The summed E-state index contributed by atoms with van der Waals surface area (Å²) in [7, 11) is 0. The van der Waals surface area contributed by atoms with Crippen LogP contribution in [0.25, 0.3) is 5.69 Å². The third kappa shape index (κ3) is 4.11. The minimum absolute atomic E-state index is 0.178. The normalized spacial score (nSPS) is 10.7. The molecule has 1 amide bonds. The summed E-state index contributed by atoms with van der Waals surface area (Å²) in [5, 5.41) is 11.5. The van der Waals surface area contributed by atoms with Crippen molar-refractivity contribution in [1.29, 1.82) is 0 Å². The average Bonchev–Trinajstić information content (AvgIpc) is 3.10. The largest absolute Gasteiger partial charge is 0.325 e. The fourth-order valence-electron chi connectivity index (χ4n) is 2.62. The highest BCUT2D eigenvalue weighted by molar-refractivity contribution is 7.99. The lowest BCUT2D eigenvalue weighted by Crippen LogP contribution is -2.15. The smallest absolute Gasteiger partial charge is 0.234 e. The van der Waals surface area contributed by atoms with E-state index >= 15 is 0 Å². The first-order valence-electron chi connectivity index (χ1n) is 8.25. The van der Waals surface area contributed by atoms with Crippen molar-refractivity contribution in [2.75, 3.05) is 11.1 Å². The molecule has 0 atom stereocenters. The van der Waals surface area contributed by atoms with Gasteiger partial charge in [0.1, 0.15) is 12.1 Å². The number of carbonyl (C=O) groups excluding carboxylic acids is 1. The van der Waals surface area contributed by atoms with Crippen LogP contribution in [0.2, 0.25) is 0 Å². The van der Waals surface area contributed by atoms with Crippen molar-refractivity contribution in [3.63, 3.8) is 0 Å². The van der Waals surface area contributed by atoms with Gasteiger partial charge in [-0.3, -0.25) is 9.36 Å². The van der Waals surface area contributed by atoms with Crippen molar-refractivity contribution in [1.82, 2.24) is 14.8 Å². The lowest BCUT2D eigenvalue weighted by molar-refractivity contribution is -0.113. The van der Waals surface area contributed by atoms with E-state index in [0.717, 1.165) is 12.1 Å². The van der Waals surface area contributed by atoms with Crippen molar-refractivity contribution in [2.24, 2.45) is 0 Å². The molecule has 0 fully saturated rings. The molecule has 26 heavy (non-hydrogen) atoms. The predicted molar refractivity (Wildman–Crippen MR) is 101 cm³/mol. The third-order valence-electron chi connectivity index (χ3n) is 3.94. The van der Waals surface area contributed by atoms with Crippen LogP contribution >= 0.6 is 11.8 Å². The van der Waals surface area contributed by atoms with Crippen LogP contribution in [0.4, 0.5) is 10.1 Å². The van der Waals surface area contributed by atoms with Crippen LogP contribution in [0.1, 0.15) is 18.1 Å². The Morgan fingerprint density at radius 2 is 2.08 bits per heavy atom. The number of anilines is 1. The van der Waals surface area contributed by atoms with Crippen LogP contribution in [-0.4, -0.2) is 26.4 Å². The van der Waals surface area contributed by atoms with Gasteiger partial charge in [-0.15, -0.1) is 10.2 Å². The molecule has 1 heterocycles. The van der Waals surface area contributed by atoms with Gasteiger partial charge in [0.2, 0.25) is 5.91 Å². The van der Waals surface area contributed by atoms with Crippen LogP contribution < -0.4 is 5.32 Å². The van der Waals surface area contributed by atoms with E-state index in [2.05, 4.69) is 28.5 Å². The molecule has 0 saturated heterocycles. The molecule has 0 aliphatic rings. The third-order valence-corrected chi connectivity index (χ3v) is 4.89. The van der Waals surface area contributed by atoms with Crippen LogP contribution in [0.3, 0.4) is 0 Å².